The predicted octanol–water partition coefficient (Wildman–Crippen LogP) is 0.362. The van der Waals surface area contributed by atoms with Crippen LogP contribution in [0.15, 0.2) is 0 Å². The summed E-state index contributed by atoms with van der Waals surface area (Å²) in [6.45, 7) is -0.651. The zero-order chi connectivity index (χ0) is 8.04. The van der Waals surface area contributed by atoms with Gasteiger partial charge < -0.3 is 11.5 Å². The highest BCUT2D eigenvalue weighted by molar-refractivity contribution is 4.78. The molecule has 0 aliphatic carbocycles. The third-order valence-electron chi connectivity index (χ3n) is 1.42. The smallest absolute Gasteiger partial charge is 0.141 e. The average Bonchev–Trinajstić information content (AvgIpc) is 1.89. The Morgan fingerprint density at radius 1 is 1.10 bits per heavy atom. The standard InChI is InChI=1S/C6H14F2N2/c7-5-6(8,1-3-9)2-4-10/h1-5,9-10H2. The van der Waals surface area contributed by atoms with E-state index in [4.69, 9.17) is 11.5 Å². The molecule has 0 radical (unpaired) electrons. The predicted molar refractivity (Wildman–Crippen MR) is 37.2 cm³/mol. The molecule has 0 amide bonds. The van der Waals surface area contributed by atoms with Crippen LogP contribution >= 0.6 is 0 Å². The van der Waals surface area contributed by atoms with Crippen LogP contribution in [0.5, 0.6) is 0 Å². The van der Waals surface area contributed by atoms with Gasteiger partial charge in [0.05, 0.1) is 0 Å². The lowest BCUT2D eigenvalue weighted by molar-refractivity contribution is 0.104. The maximum atomic E-state index is 13.0. The van der Waals surface area contributed by atoms with Gasteiger partial charge in [0.15, 0.2) is 0 Å². The second kappa shape index (κ2) is 4.57. The first kappa shape index (κ1) is 9.78. The summed E-state index contributed by atoms with van der Waals surface area (Å²) in [4.78, 5) is 0. The zero-order valence-electron chi connectivity index (χ0n) is 5.95. The number of hydrogen-bond acceptors (Lipinski definition) is 2. The van der Waals surface area contributed by atoms with Crippen molar-refractivity contribution in [2.75, 3.05) is 19.8 Å². The number of nitrogens with two attached hydrogens (primary N) is 2. The van der Waals surface area contributed by atoms with Crippen molar-refractivity contribution in [3.63, 3.8) is 0 Å². The molecule has 62 valence electrons. The van der Waals surface area contributed by atoms with Crippen LogP contribution in [0, 0.1) is 0 Å². The summed E-state index contributed by atoms with van der Waals surface area (Å²) in [5.74, 6) is 0. The number of rotatable bonds is 5. The normalized spacial score (nSPS) is 12.0. The van der Waals surface area contributed by atoms with E-state index in [0.29, 0.717) is 0 Å². The van der Waals surface area contributed by atoms with Gasteiger partial charge in [-0.05, 0) is 25.9 Å². The summed E-state index contributed by atoms with van der Waals surface area (Å²) in [6, 6.07) is 0. The van der Waals surface area contributed by atoms with E-state index in [0.717, 1.165) is 0 Å². The Morgan fingerprint density at radius 3 is 1.70 bits per heavy atom. The fraction of sp³-hybridized carbons (Fsp3) is 1.00. The molecule has 4 heteroatoms. The molecule has 0 rings (SSSR count). The van der Waals surface area contributed by atoms with Gasteiger partial charge in [-0.3, -0.25) is 0 Å². The Morgan fingerprint density at radius 2 is 1.50 bits per heavy atom. The van der Waals surface area contributed by atoms with Gasteiger partial charge in [-0.1, -0.05) is 0 Å². The Kier molecular flexibility index (Phi) is 4.47. The van der Waals surface area contributed by atoms with Gasteiger partial charge in [0.2, 0.25) is 0 Å². The molecule has 0 unspecified atom stereocenters. The number of hydrogen-bond donors (Lipinski definition) is 2. The van der Waals surface area contributed by atoms with E-state index in [2.05, 4.69) is 0 Å². The van der Waals surface area contributed by atoms with E-state index in [1.165, 1.54) is 0 Å². The Bertz CT molecular complexity index is 81.8. The molecule has 0 bridgehead atoms. The summed E-state index contributed by atoms with van der Waals surface area (Å²) in [5.41, 5.74) is 8.37. The third-order valence-corrected chi connectivity index (χ3v) is 1.42. The van der Waals surface area contributed by atoms with Gasteiger partial charge in [0.1, 0.15) is 12.3 Å². The van der Waals surface area contributed by atoms with Crippen LogP contribution in [0.3, 0.4) is 0 Å². The van der Waals surface area contributed by atoms with Crippen molar-refractivity contribution in [2.24, 2.45) is 11.5 Å². The second-order valence-electron chi connectivity index (χ2n) is 2.36. The van der Waals surface area contributed by atoms with Crippen LogP contribution in [-0.2, 0) is 0 Å². The van der Waals surface area contributed by atoms with Crippen LogP contribution < -0.4 is 11.5 Å². The summed E-state index contributed by atoms with van der Waals surface area (Å²) < 4.78 is 24.9. The molecule has 4 N–H and O–H groups in total. The molecule has 0 atom stereocenters. The van der Waals surface area contributed by atoms with Crippen LogP contribution in [0.2, 0.25) is 0 Å². The topological polar surface area (TPSA) is 52.0 Å². The van der Waals surface area contributed by atoms with Crippen molar-refractivity contribution in [3.05, 3.63) is 0 Å². The minimum absolute atomic E-state index is 0.0562. The molecule has 0 spiro atoms. The lowest BCUT2D eigenvalue weighted by atomic mass is 10.00. The van der Waals surface area contributed by atoms with Gasteiger partial charge in [-0.15, -0.1) is 0 Å². The van der Waals surface area contributed by atoms with E-state index in [9.17, 15) is 8.78 Å². The monoisotopic (exact) mass is 152 g/mol. The van der Waals surface area contributed by atoms with Crippen LogP contribution in [0.4, 0.5) is 8.78 Å². The molecule has 0 aromatic heterocycles. The molecule has 0 aliphatic rings. The largest absolute Gasteiger partial charge is 0.330 e. The highest BCUT2D eigenvalue weighted by Crippen LogP contribution is 2.19. The average molecular weight is 152 g/mol. The molecule has 0 aromatic carbocycles. The molecule has 0 fully saturated rings. The minimum atomic E-state index is -1.77. The quantitative estimate of drug-likeness (QED) is 0.597. The van der Waals surface area contributed by atoms with E-state index < -0.39 is 12.3 Å². The van der Waals surface area contributed by atoms with Crippen LogP contribution in [0.25, 0.3) is 0 Å². The van der Waals surface area contributed by atoms with E-state index in [1.807, 2.05) is 0 Å². The Balaban J connectivity index is 3.69. The molecular formula is C6H14F2N2. The molecule has 0 saturated carbocycles. The van der Waals surface area contributed by atoms with Gasteiger partial charge in [-0.2, -0.15) is 0 Å². The fourth-order valence-electron chi connectivity index (χ4n) is 0.776. The summed E-state index contributed by atoms with van der Waals surface area (Å²) in [7, 11) is 0. The van der Waals surface area contributed by atoms with Crippen LogP contribution in [0.1, 0.15) is 12.8 Å². The fourth-order valence-corrected chi connectivity index (χ4v) is 0.776. The van der Waals surface area contributed by atoms with Gasteiger partial charge in [-0.25, -0.2) is 8.78 Å². The van der Waals surface area contributed by atoms with Crippen LogP contribution in [-0.4, -0.2) is 25.4 Å². The summed E-state index contributed by atoms with van der Waals surface area (Å²) >= 11 is 0. The zero-order valence-corrected chi connectivity index (χ0v) is 5.95. The maximum Gasteiger partial charge on any atom is 0.141 e. The minimum Gasteiger partial charge on any atom is -0.330 e. The van der Waals surface area contributed by atoms with Crippen molar-refractivity contribution in [3.8, 4) is 0 Å². The van der Waals surface area contributed by atoms with Gasteiger partial charge in [0.25, 0.3) is 0 Å². The molecule has 0 aliphatic heterocycles. The summed E-state index contributed by atoms with van der Waals surface area (Å²) in [6.07, 6.45) is 0.112. The molecule has 10 heavy (non-hydrogen) atoms. The van der Waals surface area contributed by atoms with Crippen molar-refractivity contribution in [1.82, 2.24) is 0 Å². The molecule has 0 aromatic rings. The molecular weight excluding hydrogens is 138 g/mol. The van der Waals surface area contributed by atoms with Crippen molar-refractivity contribution in [1.29, 1.82) is 0 Å². The molecule has 2 nitrogen and oxygen atoms in total. The maximum absolute atomic E-state index is 13.0. The summed E-state index contributed by atoms with van der Waals surface area (Å²) in [5, 5.41) is 0. The van der Waals surface area contributed by atoms with Gasteiger partial charge >= 0.3 is 0 Å². The van der Waals surface area contributed by atoms with E-state index in [-0.39, 0.29) is 25.9 Å². The van der Waals surface area contributed by atoms with Gasteiger partial charge in [0, 0.05) is 0 Å². The first-order chi connectivity index (χ1) is 4.68. The molecule has 0 saturated heterocycles. The van der Waals surface area contributed by atoms with E-state index in [1.54, 1.807) is 0 Å². The SMILES string of the molecule is NCCC(F)(CF)CCN. The van der Waals surface area contributed by atoms with E-state index >= 15 is 0 Å². The lowest BCUT2D eigenvalue weighted by Crippen LogP contribution is -2.31. The first-order valence-corrected chi connectivity index (χ1v) is 3.33. The second-order valence-corrected chi connectivity index (χ2v) is 2.36. The lowest BCUT2D eigenvalue weighted by Gasteiger charge is -2.19. The Labute approximate surface area is 59.6 Å². The van der Waals surface area contributed by atoms with Crippen molar-refractivity contribution in [2.45, 2.75) is 18.5 Å². The highest BCUT2D eigenvalue weighted by atomic mass is 19.2. The van der Waals surface area contributed by atoms with Crippen molar-refractivity contribution >= 4 is 0 Å². The van der Waals surface area contributed by atoms with Crippen molar-refractivity contribution < 1.29 is 8.78 Å². The third kappa shape index (κ3) is 3.08. The number of halogens is 2. The number of alkyl halides is 2. The Hall–Kier alpha value is -0.220. The highest BCUT2D eigenvalue weighted by Gasteiger charge is 2.27. The first-order valence-electron chi connectivity index (χ1n) is 3.33. The molecule has 0 heterocycles.